The van der Waals surface area contributed by atoms with Gasteiger partial charge in [-0.15, -0.1) is 0 Å². The number of ketones is 1. The van der Waals surface area contributed by atoms with Crippen LogP contribution < -0.4 is 16.0 Å². The summed E-state index contributed by atoms with van der Waals surface area (Å²) < 4.78 is 0. The second kappa shape index (κ2) is 10.0. The van der Waals surface area contributed by atoms with Crippen molar-refractivity contribution in [3.05, 3.63) is 35.4 Å². The van der Waals surface area contributed by atoms with Crippen molar-refractivity contribution in [2.75, 3.05) is 28.2 Å². The van der Waals surface area contributed by atoms with E-state index in [9.17, 15) is 9.59 Å². The van der Waals surface area contributed by atoms with E-state index in [4.69, 9.17) is 0 Å². The number of Topliss-reactive ketones (excluding diaryl/α,β-unsaturated/α-hetero) is 1. The van der Waals surface area contributed by atoms with Gasteiger partial charge < -0.3 is 20.9 Å². The van der Waals surface area contributed by atoms with Crippen LogP contribution in [0.1, 0.15) is 56.6 Å². The Kier molecular flexibility index (Phi) is 7.79. The minimum atomic E-state index is -0.469. The zero-order valence-corrected chi connectivity index (χ0v) is 20.8. The van der Waals surface area contributed by atoms with E-state index in [1.807, 2.05) is 14.1 Å². The maximum atomic E-state index is 12.9. The number of carbonyl (C=O) groups is 2. The molecular formula is C26H42N4O2. The lowest BCUT2D eigenvalue weighted by atomic mass is 9.61. The second-order valence-electron chi connectivity index (χ2n) is 10.3. The van der Waals surface area contributed by atoms with Crippen molar-refractivity contribution >= 4 is 11.7 Å². The maximum absolute atomic E-state index is 12.9. The maximum Gasteiger partial charge on any atom is 0.220 e. The molecule has 0 aliphatic heterocycles. The van der Waals surface area contributed by atoms with E-state index in [-0.39, 0.29) is 35.1 Å². The summed E-state index contributed by atoms with van der Waals surface area (Å²) in [5.74, 6) is 0.323. The molecule has 178 valence electrons. The van der Waals surface area contributed by atoms with E-state index in [1.165, 1.54) is 11.1 Å². The predicted octanol–water partition coefficient (Wildman–Crippen LogP) is 2.65. The number of likely N-dealkylation sites (N-methyl/N-ethyl adjacent to an activating group) is 1. The van der Waals surface area contributed by atoms with Crippen LogP contribution in [0, 0.1) is 18.8 Å². The van der Waals surface area contributed by atoms with E-state index < -0.39 is 5.66 Å². The summed E-state index contributed by atoms with van der Waals surface area (Å²) in [5.41, 5.74) is 2.37. The van der Waals surface area contributed by atoms with E-state index in [0.29, 0.717) is 6.42 Å². The van der Waals surface area contributed by atoms with Gasteiger partial charge in [-0.25, -0.2) is 0 Å². The standard InChI is InChI=1S/C26H42N4O2/c1-18-8-7-9-20(14-18)17-25(30(5)6)12-10-22(11-13-25)29-24(32)16-21-15-23(19(2)31)26(21,27-3)28-4/h7-9,14,21-23,27-28H,10-13,15-17H2,1-6H3,(H,29,32). The van der Waals surface area contributed by atoms with Gasteiger partial charge in [-0.05, 0) is 86.1 Å². The number of hydrogen-bond donors (Lipinski definition) is 3. The summed E-state index contributed by atoms with van der Waals surface area (Å²) in [6.07, 6.45) is 6.40. The van der Waals surface area contributed by atoms with Crippen molar-refractivity contribution in [2.45, 2.75) is 76.0 Å². The van der Waals surface area contributed by atoms with Gasteiger partial charge in [-0.1, -0.05) is 29.8 Å². The Balaban J connectivity index is 1.55. The SMILES string of the molecule is CNC1(NC)C(CC(=O)NC2CCC(Cc3cccc(C)c3)(N(C)C)CC2)CC1C(C)=O. The van der Waals surface area contributed by atoms with E-state index in [2.05, 4.69) is 66.1 Å². The van der Waals surface area contributed by atoms with Crippen LogP contribution in [0.25, 0.3) is 0 Å². The van der Waals surface area contributed by atoms with Crippen LogP contribution in [0.4, 0.5) is 0 Å². The zero-order chi connectivity index (χ0) is 23.5. The third-order valence-electron chi connectivity index (χ3n) is 8.31. The fourth-order valence-corrected chi connectivity index (χ4v) is 6.19. The molecule has 0 spiro atoms. The van der Waals surface area contributed by atoms with Gasteiger partial charge in [0.05, 0.1) is 5.66 Å². The van der Waals surface area contributed by atoms with Crippen molar-refractivity contribution in [2.24, 2.45) is 11.8 Å². The molecule has 1 amide bonds. The third-order valence-corrected chi connectivity index (χ3v) is 8.31. The van der Waals surface area contributed by atoms with Crippen molar-refractivity contribution in [1.29, 1.82) is 0 Å². The number of nitrogens with one attached hydrogen (secondary N) is 3. The highest BCUT2D eigenvalue weighted by Crippen LogP contribution is 2.44. The zero-order valence-electron chi connectivity index (χ0n) is 20.8. The van der Waals surface area contributed by atoms with Gasteiger partial charge in [0.25, 0.3) is 0 Å². The van der Waals surface area contributed by atoms with Crippen LogP contribution in [0.2, 0.25) is 0 Å². The summed E-state index contributed by atoms with van der Waals surface area (Å²) in [4.78, 5) is 27.2. The van der Waals surface area contributed by atoms with Crippen molar-refractivity contribution < 1.29 is 9.59 Å². The fourth-order valence-electron chi connectivity index (χ4n) is 6.19. The van der Waals surface area contributed by atoms with Crippen molar-refractivity contribution in [3.63, 3.8) is 0 Å². The van der Waals surface area contributed by atoms with Gasteiger partial charge in [0.2, 0.25) is 5.91 Å². The Labute approximate surface area is 193 Å². The minimum Gasteiger partial charge on any atom is -0.353 e. The first-order valence-corrected chi connectivity index (χ1v) is 12.1. The molecule has 2 unspecified atom stereocenters. The number of rotatable bonds is 9. The molecule has 0 saturated heterocycles. The Hall–Kier alpha value is -1.76. The molecule has 0 heterocycles. The van der Waals surface area contributed by atoms with Gasteiger partial charge in [0.15, 0.2) is 0 Å². The monoisotopic (exact) mass is 442 g/mol. The van der Waals surface area contributed by atoms with Crippen LogP contribution in [0.5, 0.6) is 0 Å². The molecule has 1 aromatic carbocycles. The first-order valence-electron chi connectivity index (χ1n) is 12.1. The Bertz CT molecular complexity index is 810. The topological polar surface area (TPSA) is 73.5 Å². The summed E-state index contributed by atoms with van der Waals surface area (Å²) >= 11 is 0. The highest BCUT2D eigenvalue weighted by molar-refractivity contribution is 5.82. The fraction of sp³-hybridized carbons (Fsp3) is 0.692. The lowest BCUT2D eigenvalue weighted by Gasteiger charge is -2.55. The Morgan fingerprint density at radius 3 is 2.31 bits per heavy atom. The van der Waals surface area contributed by atoms with E-state index >= 15 is 0 Å². The van der Waals surface area contributed by atoms with Gasteiger partial charge in [0.1, 0.15) is 5.78 Å². The molecule has 3 rings (SSSR count). The van der Waals surface area contributed by atoms with Crippen LogP contribution in [0.3, 0.4) is 0 Å². The molecule has 2 fully saturated rings. The number of nitrogens with zero attached hydrogens (tertiary/aromatic N) is 1. The molecule has 32 heavy (non-hydrogen) atoms. The number of hydrogen-bond acceptors (Lipinski definition) is 5. The molecule has 0 bridgehead atoms. The smallest absolute Gasteiger partial charge is 0.220 e. The molecule has 2 atom stereocenters. The van der Waals surface area contributed by atoms with Crippen LogP contribution in [-0.2, 0) is 16.0 Å². The van der Waals surface area contributed by atoms with Crippen molar-refractivity contribution in [3.8, 4) is 0 Å². The van der Waals surface area contributed by atoms with Gasteiger partial charge in [-0.3, -0.25) is 9.59 Å². The summed E-state index contributed by atoms with van der Waals surface area (Å²) in [6.45, 7) is 3.79. The quantitative estimate of drug-likeness (QED) is 0.513. The molecule has 2 aliphatic rings. The third kappa shape index (κ3) is 4.92. The molecule has 2 aliphatic carbocycles. The summed E-state index contributed by atoms with van der Waals surface area (Å²) in [6, 6.07) is 9.05. The second-order valence-corrected chi connectivity index (χ2v) is 10.3. The highest BCUT2D eigenvalue weighted by atomic mass is 16.1. The minimum absolute atomic E-state index is 0.0766. The van der Waals surface area contributed by atoms with Gasteiger partial charge >= 0.3 is 0 Å². The molecule has 6 heteroatoms. The molecule has 2 saturated carbocycles. The number of benzene rings is 1. The molecule has 0 radical (unpaired) electrons. The lowest BCUT2D eigenvalue weighted by Crippen LogP contribution is -2.73. The van der Waals surface area contributed by atoms with Gasteiger partial charge in [-0.2, -0.15) is 0 Å². The molecule has 1 aromatic rings. The highest BCUT2D eigenvalue weighted by Gasteiger charge is 2.55. The van der Waals surface area contributed by atoms with Crippen LogP contribution in [-0.4, -0.2) is 62.0 Å². The van der Waals surface area contributed by atoms with Crippen LogP contribution in [0.15, 0.2) is 24.3 Å². The predicted molar refractivity (Wildman–Crippen MR) is 129 cm³/mol. The largest absolute Gasteiger partial charge is 0.353 e. The number of amides is 1. The first-order chi connectivity index (χ1) is 15.2. The molecular weight excluding hydrogens is 400 g/mol. The van der Waals surface area contributed by atoms with Crippen molar-refractivity contribution in [1.82, 2.24) is 20.9 Å². The molecule has 0 aromatic heterocycles. The first kappa shape index (κ1) is 24.9. The summed E-state index contributed by atoms with van der Waals surface area (Å²) in [7, 11) is 8.11. The molecule has 6 nitrogen and oxygen atoms in total. The summed E-state index contributed by atoms with van der Waals surface area (Å²) in [5, 5.41) is 9.88. The molecule has 3 N–H and O–H groups in total. The average molecular weight is 443 g/mol. The Morgan fingerprint density at radius 2 is 1.78 bits per heavy atom. The lowest BCUT2D eigenvalue weighted by molar-refractivity contribution is -0.140. The van der Waals surface area contributed by atoms with Gasteiger partial charge in [0, 0.05) is 29.8 Å². The Morgan fingerprint density at radius 1 is 1.12 bits per heavy atom. The number of carbonyl (C=O) groups excluding carboxylic acids is 2. The number of aryl methyl sites for hydroxylation is 1. The normalized spacial score (nSPS) is 29.4. The average Bonchev–Trinajstić information content (AvgIpc) is 2.73. The van der Waals surface area contributed by atoms with E-state index in [1.54, 1.807) is 6.92 Å². The van der Waals surface area contributed by atoms with E-state index in [0.717, 1.165) is 38.5 Å². The van der Waals surface area contributed by atoms with Crippen LogP contribution >= 0.6 is 0 Å².